The number of ether oxygens (including phenoxy) is 1. The van der Waals surface area contributed by atoms with E-state index in [1.54, 1.807) is 4.90 Å². The average Bonchev–Trinajstić information content (AvgIpc) is 2.86. The summed E-state index contributed by atoms with van der Waals surface area (Å²) in [6.45, 7) is 3.68. The third kappa shape index (κ3) is 15.2. The van der Waals surface area contributed by atoms with Gasteiger partial charge in [-0.25, -0.2) is 0 Å². The fourth-order valence-electron chi connectivity index (χ4n) is 3.87. The minimum atomic E-state index is -2.79. The monoisotopic (exact) mass is 580 g/mol. The van der Waals surface area contributed by atoms with Crippen molar-refractivity contribution in [1.29, 1.82) is 0 Å². The summed E-state index contributed by atoms with van der Waals surface area (Å²) in [5, 5.41) is 19.9. The van der Waals surface area contributed by atoms with Crippen LogP contribution in [0.2, 0.25) is 0 Å². The Morgan fingerprint density at radius 2 is 1.29 bits per heavy atom. The fourth-order valence-corrected chi connectivity index (χ4v) is 4.39. The molecule has 2 rings (SSSR count). The second kappa shape index (κ2) is 18.7. The van der Waals surface area contributed by atoms with Gasteiger partial charge in [0, 0.05) is 68.0 Å². The van der Waals surface area contributed by atoms with Crippen LogP contribution >= 0.6 is 16.5 Å². The molecule has 3 atom stereocenters. The van der Waals surface area contributed by atoms with Crippen LogP contribution in [0.3, 0.4) is 0 Å². The van der Waals surface area contributed by atoms with E-state index in [1.165, 1.54) is 0 Å². The van der Waals surface area contributed by atoms with Gasteiger partial charge in [-0.3, -0.25) is 24.4 Å². The summed E-state index contributed by atoms with van der Waals surface area (Å²) < 4.78 is 37.6. The van der Waals surface area contributed by atoms with Gasteiger partial charge in [-0.1, -0.05) is 30.3 Å². The Morgan fingerprint density at radius 3 is 1.76 bits per heavy atom. The lowest BCUT2D eigenvalue weighted by atomic mass is 10.2. The number of nitrogens with zero attached hydrogens (tertiary/aromatic N) is 4. The molecule has 1 aliphatic heterocycles. The second-order valence-electron chi connectivity index (χ2n) is 8.85. The van der Waals surface area contributed by atoms with Gasteiger partial charge < -0.3 is 14.9 Å². The van der Waals surface area contributed by atoms with Crippen molar-refractivity contribution in [3.8, 4) is 0 Å². The van der Waals surface area contributed by atoms with Crippen LogP contribution in [0.4, 0.5) is 0 Å². The number of benzene rings is 1. The maximum absolute atomic E-state index is 11.3. The molecule has 0 spiro atoms. The number of carboxylic acids is 1. The van der Waals surface area contributed by atoms with Gasteiger partial charge in [0.25, 0.3) is 0 Å². The van der Waals surface area contributed by atoms with Gasteiger partial charge in [0.2, 0.25) is 0 Å². The number of carboxylic acid groups (broad SMARTS) is 1. The van der Waals surface area contributed by atoms with E-state index in [2.05, 4.69) is 0 Å². The first-order valence-electron chi connectivity index (χ1n) is 12.2. The molecule has 0 radical (unpaired) electrons. The van der Waals surface area contributed by atoms with Crippen LogP contribution < -0.4 is 0 Å². The zero-order chi connectivity index (χ0) is 27.8. The molecular formula is C22H38N4O10P2+2. The zero-order valence-electron chi connectivity index (χ0n) is 21.3. The number of β-amino-alcohol motifs (C(OH)–C–C–N with tert-alkyl or cyclic N) is 1. The Balaban J connectivity index is 2.03. The molecule has 0 aromatic heterocycles. The van der Waals surface area contributed by atoms with Gasteiger partial charge in [-0.15, -0.1) is 18.8 Å². The minimum absolute atomic E-state index is 0.104. The Kier molecular flexibility index (Phi) is 16.1. The van der Waals surface area contributed by atoms with E-state index in [0.717, 1.165) is 5.56 Å². The summed E-state index contributed by atoms with van der Waals surface area (Å²) in [5.74, 6) is -0.991. The number of aliphatic carboxylic acids is 1. The number of hydrogen-bond acceptors (Lipinski definition) is 11. The number of aliphatic hydroxyl groups is 1. The maximum Gasteiger partial charge on any atom is 0.696 e. The summed E-state index contributed by atoms with van der Waals surface area (Å²) in [4.78, 5) is 36.8. The summed E-state index contributed by atoms with van der Waals surface area (Å²) in [7, 11) is -5.58. The highest BCUT2D eigenvalue weighted by molar-refractivity contribution is 7.32. The lowest BCUT2D eigenvalue weighted by Crippen LogP contribution is -2.48. The Morgan fingerprint density at radius 1 is 0.816 bits per heavy atom. The van der Waals surface area contributed by atoms with Crippen LogP contribution in [0.5, 0.6) is 0 Å². The molecule has 1 fully saturated rings. The van der Waals surface area contributed by atoms with E-state index in [1.807, 2.05) is 45.0 Å². The molecule has 0 saturated carbocycles. The molecule has 1 aromatic rings. The molecule has 1 aromatic carbocycles. The average molecular weight is 581 g/mol. The minimum Gasteiger partial charge on any atom is -0.480 e. The number of carbonyl (C=O) groups is 1. The zero-order valence-corrected chi connectivity index (χ0v) is 23.1. The van der Waals surface area contributed by atoms with Crippen LogP contribution in [0, 0.1) is 0 Å². The lowest BCUT2D eigenvalue weighted by molar-refractivity contribution is -0.138. The van der Waals surface area contributed by atoms with E-state index in [4.69, 9.17) is 23.6 Å². The molecule has 38 heavy (non-hydrogen) atoms. The van der Waals surface area contributed by atoms with E-state index in [-0.39, 0.29) is 26.6 Å². The molecular weight excluding hydrogens is 542 g/mol. The summed E-state index contributed by atoms with van der Waals surface area (Å²) in [6, 6.07) is 9.62. The molecule has 3 unspecified atom stereocenters. The van der Waals surface area contributed by atoms with Crippen LogP contribution in [0.1, 0.15) is 5.56 Å². The lowest BCUT2D eigenvalue weighted by Gasteiger charge is -2.33. The van der Waals surface area contributed by atoms with Gasteiger partial charge in [0.15, 0.2) is 13.5 Å². The van der Waals surface area contributed by atoms with Gasteiger partial charge >= 0.3 is 22.5 Å². The normalized spacial score (nSPS) is 19.3. The van der Waals surface area contributed by atoms with Gasteiger partial charge in [-0.05, 0) is 5.56 Å². The molecule has 0 bridgehead atoms. The molecule has 16 heteroatoms. The first-order chi connectivity index (χ1) is 18.2. The SMILES string of the molecule is O=C(O)CN1CCN(CO[P+](=O)O)CCN(CC(O)COCc2ccccc2)CCN(CO[P+](=O)O)CC1. The van der Waals surface area contributed by atoms with Crippen molar-refractivity contribution < 1.29 is 47.7 Å². The van der Waals surface area contributed by atoms with Crippen molar-refractivity contribution in [3.05, 3.63) is 35.9 Å². The molecule has 0 amide bonds. The molecule has 1 saturated heterocycles. The van der Waals surface area contributed by atoms with E-state index >= 15 is 0 Å². The second-order valence-corrected chi connectivity index (χ2v) is 10.3. The highest BCUT2D eigenvalue weighted by Crippen LogP contribution is 2.16. The molecule has 14 nitrogen and oxygen atoms in total. The van der Waals surface area contributed by atoms with Crippen molar-refractivity contribution in [3.63, 3.8) is 0 Å². The van der Waals surface area contributed by atoms with Gasteiger partial charge in [0.1, 0.15) is 0 Å². The van der Waals surface area contributed by atoms with E-state index < -0.39 is 28.6 Å². The van der Waals surface area contributed by atoms with E-state index in [9.17, 15) is 24.1 Å². The smallest absolute Gasteiger partial charge is 0.480 e. The third-order valence-corrected chi connectivity index (χ3v) is 6.55. The summed E-state index contributed by atoms with van der Waals surface area (Å²) in [6.07, 6.45) is -0.772. The van der Waals surface area contributed by atoms with Gasteiger partial charge in [0.05, 0.1) is 25.9 Å². The standard InChI is InChI=1S/C22H36N4O10P2/c27-21(17-34-16-20-4-2-1-3-5-20)14-23-6-10-25(18-35-37(30)31)12-8-24(15-22(28)29)9-13-26(11-7-23)19-36-38(32)33/h1-5,21,27H,6-19H2,(H-2,28,29,30,31,32,33)/p+2. The Bertz CT molecular complexity index is 823. The Labute approximate surface area is 224 Å². The van der Waals surface area contributed by atoms with Gasteiger partial charge in [-0.2, -0.15) is 0 Å². The van der Waals surface area contributed by atoms with Crippen molar-refractivity contribution in [2.24, 2.45) is 0 Å². The molecule has 4 N–H and O–H groups in total. The van der Waals surface area contributed by atoms with Crippen molar-refractivity contribution >= 4 is 22.5 Å². The quantitative estimate of drug-likeness (QED) is 0.219. The first-order valence-corrected chi connectivity index (χ1v) is 14.5. The highest BCUT2D eigenvalue weighted by atomic mass is 31.1. The van der Waals surface area contributed by atoms with Crippen molar-refractivity contribution in [1.82, 2.24) is 19.6 Å². The van der Waals surface area contributed by atoms with Crippen LogP contribution in [-0.2, 0) is 34.3 Å². The molecule has 0 aliphatic carbocycles. The Hall–Kier alpha value is -1.51. The van der Waals surface area contributed by atoms with E-state index in [0.29, 0.717) is 65.5 Å². The highest BCUT2D eigenvalue weighted by Gasteiger charge is 2.23. The third-order valence-electron chi connectivity index (χ3n) is 5.88. The number of hydrogen-bond donors (Lipinski definition) is 4. The van der Waals surface area contributed by atoms with Crippen LogP contribution in [-0.4, -0.2) is 137 Å². The van der Waals surface area contributed by atoms with Crippen LogP contribution in [0.15, 0.2) is 30.3 Å². The predicted molar refractivity (Wildman–Crippen MR) is 137 cm³/mol. The molecule has 1 heterocycles. The number of aliphatic hydroxyl groups excluding tert-OH is 1. The first kappa shape index (κ1) is 32.7. The van der Waals surface area contributed by atoms with Crippen molar-refractivity contribution in [2.45, 2.75) is 12.7 Å². The number of rotatable bonds is 14. The fraction of sp³-hybridized carbons (Fsp3) is 0.682. The largest absolute Gasteiger partial charge is 0.696 e. The topological polar surface area (TPSA) is 173 Å². The predicted octanol–water partition coefficient (Wildman–Crippen LogP) is 0.118. The van der Waals surface area contributed by atoms with Crippen LogP contribution in [0.25, 0.3) is 0 Å². The summed E-state index contributed by atoms with van der Waals surface area (Å²) in [5.41, 5.74) is 0.999. The molecule has 1 aliphatic rings. The summed E-state index contributed by atoms with van der Waals surface area (Å²) >= 11 is 0. The van der Waals surface area contributed by atoms with Crippen molar-refractivity contribution in [2.75, 3.05) is 85.5 Å². The molecule has 214 valence electrons. The maximum atomic E-state index is 11.3.